The van der Waals surface area contributed by atoms with Crippen molar-refractivity contribution in [3.05, 3.63) is 55.1 Å². The number of pyridine rings is 2. The van der Waals surface area contributed by atoms with Crippen LogP contribution in [0, 0.1) is 5.92 Å². The van der Waals surface area contributed by atoms with Crippen molar-refractivity contribution in [3.8, 4) is 39.5 Å². The van der Waals surface area contributed by atoms with Crippen LogP contribution in [0.1, 0.15) is 12.8 Å². The fraction of sp³-hybridized carbons (Fsp3) is 0.304. The molecule has 4 rings (SSSR count). The Morgan fingerprint density at radius 2 is 1.76 bits per heavy atom. The Kier molecular flexibility index (Phi) is 5.91. The molecule has 1 saturated heterocycles. The van der Waals surface area contributed by atoms with Gasteiger partial charge in [-0.05, 0) is 49.2 Å². The molecule has 1 atom stereocenters. The maximum Gasteiger partial charge on any atom is 0.161 e. The highest BCUT2D eigenvalue weighted by atomic mass is 16.5. The van der Waals surface area contributed by atoms with E-state index in [-0.39, 0.29) is 5.75 Å². The van der Waals surface area contributed by atoms with Gasteiger partial charge >= 0.3 is 0 Å². The van der Waals surface area contributed by atoms with Gasteiger partial charge in [-0.1, -0.05) is 6.07 Å². The second-order valence-corrected chi connectivity index (χ2v) is 7.28. The zero-order valence-electron chi connectivity index (χ0n) is 16.5. The molecular formula is C23H25N3O3. The molecule has 1 aliphatic heterocycles. The number of nitrogens with zero attached hydrogens (tertiary/aromatic N) is 2. The van der Waals surface area contributed by atoms with E-state index in [9.17, 15) is 5.11 Å². The highest BCUT2D eigenvalue weighted by Crippen LogP contribution is 2.33. The lowest BCUT2D eigenvalue weighted by Crippen LogP contribution is -2.33. The largest absolute Gasteiger partial charge is 0.504 e. The first kappa shape index (κ1) is 19.2. The zero-order chi connectivity index (χ0) is 20.1. The van der Waals surface area contributed by atoms with Crippen LogP contribution in [-0.2, 0) is 0 Å². The van der Waals surface area contributed by atoms with E-state index in [0.29, 0.717) is 18.3 Å². The molecule has 1 aliphatic rings. The molecule has 29 heavy (non-hydrogen) atoms. The minimum atomic E-state index is 0.113. The SMILES string of the molecule is COc1cc(-c2cncc(-c3cncc(OCC4CCCNC4)c3)c2)ccc1O. The number of piperidine rings is 1. The lowest BCUT2D eigenvalue weighted by Gasteiger charge is -2.22. The van der Waals surface area contributed by atoms with Gasteiger partial charge in [0, 0.05) is 47.7 Å². The first-order valence-corrected chi connectivity index (χ1v) is 9.84. The van der Waals surface area contributed by atoms with Crippen LogP contribution in [0.25, 0.3) is 22.3 Å². The number of ether oxygens (including phenoxy) is 2. The van der Waals surface area contributed by atoms with Gasteiger partial charge in [-0.15, -0.1) is 0 Å². The van der Waals surface area contributed by atoms with Crippen molar-refractivity contribution < 1.29 is 14.6 Å². The average Bonchev–Trinajstić information content (AvgIpc) is 2.79. The summed E-state index contributed by atoms with van der Waals surface area (Å²) in [7, 11) is 1.54. The van der Waals surface area contributed by atoms with E-state index in [2.05, 4.69) is 15.3 Å². The van der Waals surface area contributed by atoms with Gasteiger partial charge in [-0.25, -0.2) is 0 Å². The summed E-state index contributed by atoms with van der Waals surface area (Å²) >= 11 is 0. The van der Waals surface area contributed by atoms with Crippen molar-refractivity contribution in [3.63, 3.8) is 0 Å². The van der Waals surface area contributed by atoms with E-state index in [4.69, 9.17) is 9.47 Å². The van der Waals surface area contributed by atoms with E-state index < -0.39 is 0 Å². The topological polar surface area (TPSA) is 76.5 Å². The second-order valence-electron chi connectivity index (χ2n) is 7.28. The fourth-order valence-electron chi connectivity index (χ4n) is 3.55. The van der Waals surface area contributed by atoms with Crippen molar-refractivity contribution in [2.24, 2.45) is 5.92 Å². The smallest absolute Gasteiger partial charge is 0.161 e. The molecule has 1 unspecified atom stereocenters. The third-order valence-electron chi connectivity index (χ3n) is 5.18. The lowest BCUT2D eigenvalue weighted by atomic mass is 10.0. The Morgan fingerprint density at radius 3 is 2.52 bits per heavy atom. The summed E-state index contributed by atoms with van der Waals surface area (Å²) in [6.45, 7) is 2.81. The van der Waals surface area contributed by atoms with Gasteiger partial charge in [0.05, 0.1) is 19.9 Å². The van der Waals surface area contributed by atoms with Gasteiger partial charge in [-0.3, -0.25) is 9.97 Å². The van der Waals surface area contributed by atoms with Crippen molar-refractivity contribution >= 4 is 0 Å². The minimum absolute atomic E-state index is 0.113. The molecule has 1 aromatic carbocycles. The monoisotopic (exact) mass is 391 g/mol. The van der Waals surface area contributed by atoms with Crippen LogP contribution in [-0.4, -0.2) is 41.9 Å². The fourth-order valence-corrected chi connectivity index (χ4v) is 3.55. The molecule has 0 aliphatic carbocycles. The number of phenolic OH excluding ortho intramolecular Hbond substituents is 1. The first-order valence-electron chi connectivity index (χ1n) is 9.84. The Hall–Kier alpha value is -3.12. The van der Waals surface area contributed by atoms with Crippen LogP contribution in [0.15, 0.2) is 55.1 Å². The molecule has 6 nitrogen and oxygen atoms in total. The van der Waals surface area contributed by atoms with E-state index in [1.807, 2.05) is 30.6 Å². The molecule has 0 amide bonds. The Balaban J connectivity index is 1.53. The first-order chi connectivity index (χ1) is 14.2. The third-order valence-corrected chi connectivity index (χ3v) is 5.18. The van der Waals surface area contributed by atoms with Gasteiger partial charge < -0.3 is 19.9 Å². The molecule has 150 valence electrons. The van der Waals surface area contributed by atoms with Crippen LogP contribution in [0.5, 0.6) is 17.2 Å². The third kappa shape index (κ3) is 4.66. The molecule has 0 saturated carbocycles. The Morgan fingerprint density at radius 1 is 1.00 bits per heavy atom. The molecule has 0 bridgehead atoms. The standard InChI is InChI=1S/C23H25N3O3/c1-28-23-9-17(4-5-22(23)27)18-7-19(12-25-11-18)20-8-21(14-26-13-20)29-15-16-3-2-6-24-10-16/h4-5,7-9,11-14,16,24,27H,2-3,6,10,15H2,1H3. The van der Waals surface area contributed by atoms with Crippen LogP contribution < -0.4 is 14.8 Å². The number of phenols is 1. The summed E-state index contributed by atoms with van der Waals surface area (Å²) in [6, 6.07) is 9.31. The maximum absolute atomic E-state index is 9.82. The maximum atomic E-state index is 9.82. The summed E-state index contributed by atoms with van der Waals surface area (Å²) < 4.78 is 11.2. The van der Waals surface area contributed by atoms with Gasteiger partial charge in [0.15, 0.2) is 11.5 Å². The number of hydrogen-bond donors (Lipinski definition) is 2. The molecular weight excluding hydrogens is 366 g/mol. The Labute approximate surface area is 170 Å². The zero-order valence-corrected chi connectivity index (χ0v) is 16.5. The highest BCUT2D eigenvalue weighted by Gasteiger charge is 2.14. The number of rotatable bonds is 6. The number of aromatic nitrogens is 2. The molecule has 6 heteroatoms. The van der Waals surface area contributed by atoms with Gasteiger partial charge in [0.25, 0.3) is 0 Å². The number of benzene rings is 1. The predicted octanol–water partition coefficient (Wildman–Crippen LogP) is 3.90. The van der Waals surface area contributed by atoms with Gasteiger partial charge in [0.1, 0.15) is 5.75 Å². The molecule has 2 aromatic heterocycles. The average molecular weight is 391 g/mol. The van der Waals surface area contributed by atoms with Crippen molar-refractivity contribution in [2.75, 3.05) is 26.8 Å². The van der Waals surface area contributed by atoms with E-state index >= 15 is 0 Å². The highest BCUT2D eigenvalue weighted by molar-refractivity contribution is 5.73. The summed E-state index contributed by atoms with van der Waals surface area (Å²) in [5.41, 5.74) is 3.75. The number of methoxy groups -OCH3 is 1. The molecule has 3 aromatic rings. The van der Waals surface area contributed by atoms with Crippen molar-refractivity contribution in [2.45, 2.75) is 12.8 Å². The molecule has 3 heterocycles. The Bertz CT molecular complexity index is 971. The van der Waals surface area contributed by atoms with Crippen molar-refractivity contribution in [1.82, 2.24) is 15.3 Å². The van der Waals surface area contributed by atoms with Crippen LogP contribution in [0.3, 0.4) is 0 Å². The van der Waals surface area contributed by atoms with Gasteiger partial charge in [-0.2, -0.15) is 0 Å². The van der Waals surface area contributed by atoms with Crippen LogP contribution >= 0.6 is 0 Å². The molecule has 1 fully saturated rings. The summed E-state index contributed by atoms with van der Waals surface area (Å²) in [5.74, 6) is 1.86. The molecule has 0 radical (unpaired) electrons. The van der Waals surface area contributed by atoms with E-state index in [1.165, 1.54) is 20.0 Å². The summed E-state index contributed by atoms with van der Waals surface area (Å²) in [6.07, 6.45) is 9.57. The van der Waals surface area contributed by atoms with E-state index in [1.54, 1.807) is 24.5 Å². The lowest BCUT2D eigenvalue weighted by molar-refractivity contribution is 0.218. The summed E-state index contributed by atoms with van der Waals surface area (Å²) in [4.78, 5) is 8.73. The van der Waals surface area contributed by atoms with Crippen LogP contribution in [0.4, 0.5) is 0 Å². The van der Waals surface area contributed by atoms with Gasteiger partial charge in [0.2, 0.25) is 0 Å². The molecule has 2 N–H and O–H groups in total. The molecule has 0 spiro atoms. The second kappa shape index (κ2) is 8.92. The van der Waals surface area contributed by atoms with E-state index in [0.717, 1.165) is 41.1 Å². The van der Waals surface area contributed by atoms with Crippen molar-refractivity contribution in [1.29, 1.82) is 0 Å². The minimum Gasteiger partial charge on any atom is -0.504 e. The number of aromatic hydroxyl groups is 1. The predicted molar refractivity (Wildman–Crippen MR) is 112 cm³/mol. The number of hydrogen-bond acceptors (Lipinski definition) is 6. The normalized spacial score (nSPS) is 16.4. The summed E-state index contributed by atoms with van der Waals surface area (Å²) in [5, 5.41) is 13.2. The van der Waals surface area contributed by atoms with Crippen LogP contribution in [0.2, 0.25) is 0 Å². The quantitative estimate of drug-likeness (QED) is 0.664. The number of nitrogens with one attached hydrogen (secondary N) is 1.